The van der Waals surface area contributed by atoms with Gasteiger partial charge < -0.3 is 18.9 Å². The van der Waals surface area contributed by atoms with Crippen molar-refractivity contribution in [3.05, 3.63) is 91.6 Å². The van der Waals surface area contributed by atoms with Gasteiger partial charge >= 0.3 is 0 Å². The van der Waals surface area contributed by atoms with Crippen molar-refractivity contribution in [3.63, 3.8) is 0 Å². The van der Waals surface area contributed by atoms with Crippen LogP contribution in [0.2, 0.25) is 5.02 Å². The Labute approximate surface area is 216 Å². The number of benzene rings is 3. The van der Waals surface area contributed by atoms with Gasteiger partial charge in [0.05, 0.1) is 17.7 Å². The van der Waals surface area contributed by atoms with E-state index >= 15 is 0 Å². The van der Waals surface area contributed by atoms with Crippen LogP contribution in [0, 0.1) is 0 Å². The second-order valence-corrected chi connectivity index (χ2v) is 9.94. The summed E-state index contributed by atoms with van der Waals surface area (Å²) in [6.07, 6.45) is 2.54. The van der Waals surface area contributed by atoms with Crippen LogP contribution in [-0.4, -0.2) is 30.8 Å². The molecule has 0 amide bonds. The number of carbonyl (C=O) groups excluding carboxylic acids is 1. The van der Waals surface area contributed by atoms with Crippen molar-refractivity contribution in [2.45, 2.75) is 19.6 Å². The van der Waals surface area contributed by atoms with Gasteiger partial charge in [-0.15, -0.1) is 0 Å². The molecule has 0 spiro atoms. The molecule has 0 fully saturated rings. The maximum atomic E-state index is 13.2. The van der Waals surface area contributed by atoms with Gasteiger partial charge in [0.2, 0.25) is 5.78 Å². The van der Waals surface area contributed by atoms with Gasteiger partial charge in [-0.2, -0.15) is 0 Å². The summed E-state index contributed by atoms with van der Waals surface area (Å²) in [4.78, 5) is 15.4. The quantitative estimate of drug-likeness (QED) is 0.370. The first-order chi connectivity index (χ1) is 17.1. The third kappa shape index (κ3) is 4.34. The fraction of sp³-hybridized carbons (Fsp3) is 0.222. The first-order valence-corrected chi connectivity index (χ1v) is 12.5. The highest BCUT2D eigenvalue weighted by Gasteiger charge is 2.34. The largest absolute Gasteiger partial charge is 0.478 e. The van der Waals surface area contributed by atoms with Crippen LogP contribution in [0.4, 0.5) is 0 Å². The molecule has 0 aliphatic carbocycles. The SMILES string of the molecule is O=C1/C(=C/c2cc(Br)cc3c2OCOC3)Oc2c1ccc1c2CN(CCc2ccccc2Cl)CO1. The van der Waals surface area contributed by atoms with E-state index in [2.05, 4.69) is 20.8 Å². The van der Waals surface area contributed by atoms with Crippen LogP contribution in [0.3, 0.4) is 0 Å². The van der Waals surface area contributed by atoms with E-state index in [4.69, 9.17) is 30.5 Å². The normalized spacial score (nSPS) is 17.8. The second-order valence-electron chi connectivity index (χ2n) is 8.62. The molecule has 0 saturated carbocycles. The fourth-order valence-corrected chi connectivity index (χ4v) is 5.34. The molecule has 3 aromatic carbocycles. The summed E-state index contributed by atoms with van der Waals surface area (Å²) in [6, 6.07) is 15.3. The molecule has 6 rings (SSSR count). The van der Waals surface area contributed by atoms with E-state index in [1.54, 1.807) is 12.1 Å². The first-order valence-electron chi connectivity index (χ1n) is 11.3. The molecule has 0 saturated heterocycles. The zero-order chi connectivity index (χ0) is 23.9. The summed E-state index contributed by atoms with van der Waals surface area (Å²) in [5, 5.41) is 0.765. The molecule has 8 heteroatoms. The van der Waals surface area contributed by atoms with Gasteiger partial charge in [-0.25, -0.2) is 0 Å². The van der Waals surface area contributed by atoms with E-state index in [-0.39, 0.29) is 18.3 Å². The van der Waals surface area contributed by atoms with Crippen molar-refractivity contribution in [2.24, 2.45) is 0 Å². The number of Topliss-reactive ketones (excluding diaryl/α,β-unsaturated/α-hetero) is 1. The number of hydrogen-bond acceptors (Lipinski definition) is 6. The molecule has 3 aliphatic heterocycles. The minimum atomic E-state index is -0.156. The van der Waals surface area contributed by atoms with Crippen molar-refractivity contribution in [3.8, 4) is 17.2 Å². The van der Waals surface area contributed by atoms with E-state index in [1.165, 1.54) is 0 Å². The van der Waals surface area contributed by atoms with Crippen LogP contribution in [0.25, 0.3) is 6.08 Å². The number of ketones is 1. The fourth-order valence-electron chi connectivity index (χ4n) is 4.58. The van der Waals surface area contributed by atoms with Gasteiger partial charge in [0.15, 0.2) is 12.6 Å². The van der Waals surface area contributed by atoms with Crippen LogP contribution < -0.4 is 14.2 Å². The van der Waals surface area contributed by atoms with Crippen LogP contribution in [0.5, 0.6) is 17.2 Å². The third-order valence-electron chi connectivity index (χ3n) is 6.33. The summed E-state index contributed by atoms with van der Waals surface area (Å²) >= 11 is 9.85. The smallest absolute Gasteiger partial charge is 0.231 e. The molecule has 0 radical (unpaired) electrons. The lowest BCUT2D eigenvalue weighted by molar-refractivity contribution is -0.0165. The third-order valence-corrected chi connectivity index (χ3v) is 7.15. The van der Waals surface area contributed by atoms with Crippen molar-refractivity contribution in [1.29, 1.82) is 0 Å². The van der Waals surface area contributed by atoms with Crippen LogP contribution >= 0.6 is 27.5 Å². The molecular formula is C27H21BrClNO5. The molecule has 178 valence electrons. The predicted octanol–water partition coefficient (Wildman–Crippen LogP) is 5.98. The summed E-state index contributed by atoms with van der Waals surface area (Å²) < 4.78 is 24.1. The van der Waals surface area contributed by atoms with E-state index in [0.29, 0.717) is 36.9 Å². The summed E-state index contributed by atoms with van der Waals surface area (Å²) in [5.74, 6) is 2.12. The monoisotopic (exact) mass is 553 g/mol. The van der Waals surface area contributed by atoms with Crippen LogP contribution in [-0.2, 0) is 24.3 Å². The molecule has 0 unspecified atom stereocenters. The second kappa shape index (κ2) is 9.32. The Morgan fingerprint density at radius 2 is 1.97 bits per heavy atom. The van der Waals surface area contributed by atoms with Gasteiger partial charge in [-0.3, -0.25) is 9.69 Å². The zero-order valence-corrected chi connectivity index (χ0v) is 21.0. The van der Waals surface area contributed by atoms with Crippen molar-refractivity contribution in [1.82, 2.24) is 4.90 Å². The van der Waals surface area contributed by atoms with E-state index in [1.807, 2.05) is 42.5 Å². The number of allylic oxidation sites excluding steroid dienone is 1. The zero-order valence-electron chi connectivity index (χ0n) is 18.7. The minimum Gasteiger partial charge on any atom is -0.478 e. The van der Waals surface area contributed by atoms with Gasteiger partial charge in [-0.05, 0) is 48.4 Å². The minimum absolute atomic E-state index is 0.156. The highest BCUT2D eigenvalue weighted by atomic mass is 79.9. The Morgan fingerprint density at radius 1 is 1.09 bits per heavy atom. The maximum Gasteiger partial charge on any atom is 0.231 e. The predicted molar refractivity (Wildman–Crippen MR) is 135 cm³/mol. The molecule has 3 heterocycles. The van der Waals surface area contributed by atoms with E-state index in [0.717, 1.165) is 50.5 Å². The number of carbonyl (C=O) groups is 1. The Balaban J connectivity index is 1.26. The van der Waals surface area contributed by atoms with Crippen LogP contribution in [0.15, 0.2) is 58.8 Å². The standard InChI is InChI=1S/C27H21BrClNO5/c28-19-9-17(26-18(10-19)13-32-15-34-26)11-24-25(31)20-5-6-23-21(27(20)35-24)12-30(14-33-23)8-7-16-3-1-2-4-22(16)29/h1-6,9-11H,7-8,12-15H2/b24-11-. The molecule has 3 aliphatic rings. The average Bonchev–Trinajstić information content (AvgIpc) is 3.19. The molecule has 0 atom stereocenters. The van der Waals surface area contributed by atoms with Gasteiger partial charge in [-0.1, -0.05) is 45.7 Å². The first kappa shape index (κ1) is 22.6. The highest BCUT2D eigenvalue weighted by molar-refractivity contribution is 9.10. The average molecular weight is 555 g/mol. The number of fused-ring (bicyclic) bond motifs is 4. The molecule has 35 heavy (non-hydrogen) atoms. The summed E-state index contributed by atoms with van der Waals surface area (Å²) in [7, 11) is 0. The topological polar surface area (TPSA) is 57.2 Å². The van der Waals surface area contributed by atoms with E-state index in [9.17, 15) is 4.79 Å². The van der Waals surface area contributed by atoms with Crippen molar-refractivity contribution >= 4 is 39.4 Å². The Kier molecular flexibility index (Phi) is 6.02. The summed E-state index contributed by atoms with van der Waals surface area (Å²) in [6.45, 7) is 2.49. The number of halogens is 2. The van der Waals surface area contributed by atoms with Crippen LogP contribution in [0.1, 0.15) is 32.6 Å². The van der Waals surface area contributed by atoms with Gasteiger partial charge in [0.1, 0.15) is 24.0 Å². The van der Waals surface area contributed by atoms with Gasteiger partial charge in [0, 0.05) is 33.7 Å². The van der Waals surface area contributed by atoms with Crippen molar-refractivity contribution in [2.75, 3.05) is 20.1 Å². The molecule has 0 bridgehead atoms. The van der Waals surface area contributed by atoms with Crippen molar-refractivity contribution < 1.29 is 23.7 Å². The number of hydrogen-bond donors (Lipinski definition) is 0. The molecule has 0 aromatic heterocycles. The maximum absolute atomic E-state index is 13.2. The lowest BCUT2D eigenvalue weighted by atomic mass is 10.0. The number of rotatable bonds is 4. The molecular weight excluding hydrogens is 534 g/mol. The lowest BCUT2D eigenvalue weighted by Crippen LogP contribution is -2.33. The van der Waals surface area contributed by atoms with Gasteiger partial charge in [0.25, 0.3) is 0 Å². The number of ether oxygens (including phenoxy) is 4. The Hall–Kier alpha value is -2.84. The lowest BCUT2D eigenvalue weighted by Gasteiger charge is -2.29. The summed E-state index contributed by atoms with van der Waals surface area (Å²) in [5.41, 5.74) is 4.20. The highest BCUT2D eigenvalue weighted by Crippen LogP contribution is 2.43. The molecule has 3 aromatic rings. The number of nitrogens with zero attached hydrogens (tertiary/aromatic N) is 1. The molecule has 6 nitrogen and oxygen atoms in total. The van der Waals surface area contributed by atoms with E-state index < -0.39 is 0 Å². The Morgan fingerprint density at radius 3 is 2.86 bits per heavy atom. The Bertz CT molecular complexity index is 1370. The molecule has 0 N–H and O–H groups in total.